The van der Waals surface area contributed by atoms with Crippen molar-refractivity contribution in [3.8, 4) is 0 Å². The first kappa shape index (κ1) is 18.0. The van der Waals surface area contributed by atoms with Crippen molar-refractivity contribution in [1.29, 1.82) is 0 Å². The van der Waals surface area contributed by atoms with Crippen molar-refractivity contribution in [2.45, 2.75) is 66.7 Å². The summed E-state index contributed by atoms with van der Waals surface area (Å²) in [5, 5.41) is 3.70. The molecule has 1 N–H and O–H groups in total. The molecule has 0 atom stereocenters. The van der Waals surface area contributed by atoms with E-state index in [-0.39, 0.29) is 0 Å². The summed E-state index contributed by atoms with van der Waals surface area (Å²) in [7, 11) is 2.31. The Morgan fingerprint density at radius 1 is 1.20 bits per heavy atom. The molecule has 0 amide bonds. The molecule has 1 aliphatic carbocycles. The smallest absolute Gasteiger partial charge is 0.00473 e. The topological polar surface area (TPSA) is 15.3 Å². The molecule has 0 aromatic rings. The van der Waals surface area contributed by atoms with E-state index in [4.69, 9.17) is 0 Å². The molecule has 1 rings (SSSR count). The van der Waals surface area contributed by atoms with Gasteiger partial charge in [-0.1, -0.05) is 47.5 Å². The summed E-state index contributed by atoms with van der Waals surface area (Å²) in [6.45, 7) is 16.5. The van der Waals surface area contributed by atoms with Gasteiger partial charge in [0.15, 0.2) is 0 Å². The second-order valence-electron chi connectivity index (χ2n) is 8.59. The van der Waals surface area contributed by atoms with Crippen molar-refractivity contribution >= 4 is 0 Å². The highest BCUT2D eigenvalue weighted by atomic mass is 15.1. The molecule has 20 heavy (non-hydrogen) atoms. The number of nitrogens with zero attached hydrogens (tertiary/aromatic N) is 1. The van der Waals surface area contributed by atoms with Gasteiger partial charge >= 0.3 is 0 Å². The first-order chi connectivity index (χ1) is 9.26. The minimum absolute atomic E-state index is 0.398. The third-order valence-electron chi connectivity index (χ3n) is 4.61. The fourth-order valence-electron chi connectivity index (χ4n) is 3.73. The van der Waals surface area contributed by atoms with Crippen molar-refractivity contribution in [1.82, 2.24) is 10.2 Å². The maximum absolute atomic E-state index is 3.70. The summed E-state index contributed by atoms with van der Waals surface area (Å²) in [6.07, 6.45) is 6.87. The van der Waals surface area contributed by atoms with Crippen molar-refractivity contribution in [3.63, 3.8) is 0 Å². The summed E-state index contributed by atoms with van der Waals surface area (Å²) < 4.78 is 0. The Kier molecular flexibility index (Phi) is 7.00. The third-order valence-corrected chi connectivity index (χ3v) is 4.61. The SMILES string of the molecule is CCCNCC1(CN(C)CC(C)(C)C)CCC(C)CC1. The maximum atomic E-state index is 3.70. The van der Waals surface area contributed by atoms with E-state index in [1.54, 1.807) is 0 Å². The van der Waals surface area contributed by atoms with Gasteiger partial charge in [-0.2, -0.15) is 0 Å². The fourth-order valence-corrected chi connectivity index (χ4v) is 3.73. The largest absolute Gasteiger partial charge is 0.316 e. The van der Waals surface area contributed by atoms with Crippen LogP contribution < -0.4 is 5.32 Å². The van der Waals surface area contributed by atoms with E-state index >= 15 is 0 Å². The van der Waals surface area contributed by atoms with Gasteiger partial charge in [0.05, 0.1) is 0 Å². The van der Waals surface area contributed by atoms with Crippen LogP contribution in [0.2, 0.25) is 0 Å². The van der Waals surface area contributed by atoms with E-state index in [1.165, 1.54) is 58.3 Å². The molecular weight excluding hydrogens is 244 g/mol. The van der Waals surface area contributed by atoms with Crippen LogP contribution in [0.5, 0.6) is 0 Å². The summed E-state index contributed by atoms with van der Waals surface area (Å²) >= 11 is 0. The maximum Gasteiger partial charge on any atom is 0.00473 e. The van der Waals surface area contributed by atoms with Crippen LogP contribution in [-0.2, 0) is 0 Å². The summed E-state index contributed by atoms with van der Waals surface area (Å²) in [4.78, 5) is 2.57. The zero-order valence-electron chi connectivity index (χ0n) is 14.9. The van der Waals surface area contributed by atoms with E-state index in [0.29, 0.717) is 10.8 Å². The van der Waals surface area contributed by atoms with E-state index in [9.17, 15) is 0 Å². The highest BCUT2D eigenvalue weighted by Gasteiger charge is 2.35. The van der Waals surface area contributed by atoms with Gasteiger partial charge in [-0.05, 0) is 49.6 Å². The van der Waals surface area contributed by atoms with Crippen molar-refractivity contribution in [3.05, 3.63) is 0 Å². The zero-order valence-corrected chi connectivity index (χ0v) is 14.9. The number of rotatable bonds is 7. The summed E-state index contributed by atoms with van der Waals surface area (Å²) in [5.41, 5.74) is 0.913. The highest BCUT2D eigenvalue weighted by Crippen LogP contribution is 2.39. The van der Waals surface area contributed by atoms with Gasteiger partial charge in [-0.3, -0.25) is 0 Å². The number of hydrogen-bond acceptors (Lipinski definition) is 2. The van der Waals surface area contributed by atoms with Gasteiger partial charge in [0.25, 0.3) is 0 Å². The van der Waals surface area contributed by atoms with Gasteiger partial charge in [0.1, 0.15) is 0 Å². The Balaban J connectivity index is 2.58. The molecule has 1 aliphatic rings. The average Bonchev–Trinajstić information content (AvgIpc) is 2.31. The Bertz CT molecular complexity index is 259. The summed E-state index contributed by atoms with van der Waals surface area (Å²) in [5.74, 6) is 0.933. The van der Waals surface area contributed by atoms with Crippen LogP contribution in [0, 0.1) is 16.7 Å². The lowest BCUT2D eigenvalue weighted by Gasteiger charge is -2.43. The van der Waals surface area contributed by atoms with Gasteiger partial charge < -0.3 is 10.2 Å². The molecule has 0 bridgehead atoms. The molecule has 0 aliphatic heterocycles. The standard InChI is InChI=1S/C18H38N2/c1-7-12-19-13-18(10-8-16(2)9-11-18)15-20(6)14-17(3,4)5/h16,19H,7-15H2,1-6H3. The van der Waals surface area contributed by atoms with Crippen LogP contribution in [0.4, 0.5) is 0 Å². The third kappa shape index (κ3) is 6.58. The predicted octanol–water partition coefficient (Wildman–Crippen LogP) is 4.16. The average molecular weight is 283 g/mol. The Morgan fingerprint density at radius 3 is 2.30 bits per heavy atom. The first-order valence-corrected chi connectivity index (χ1v) is 8.66. The zero-order chi connectivity index (χ0) is 15.2. The second kappa shape index (κ2) is 7.79. The molecule has 0 aromatic carbocycles. The molecule has 0 radical (unpaired) electrons. The van der Waals surface area contributed by atoms with E-state index < -0.39 is 0 Å². The lowest BCUT2D eigenvalue weighted by Crippen LogP contribution is -2.46. The molecule has 0 aromatic heterocycles. The second-order valence-corrected chi connectivity index (χ2v) is 8.59. The van der Waals surface area contributed by atoms with Crippen LogP contribution in [0.3, 0.4) is 0 Å². The van der Waals surface area contributed by atoms with Gasteiger partial charge in [-0.15, -0.1) is 0 Å². The van der Waals surface area contributed by atoms with Crippen molar-refractivity contribution in [2.24, 2.45) is 16.7 Å². The van der Waals surface area contributed by atoms with E-state index in [1.807, 2.05) is 0 Å². The number of hydrogen-bond donors (Lipinski definition) is 1. The molecule has 0 unspecified atom stereocenters. The minimum atomic E-state index is 0.398. The van der Waals surface area contributed by atoms with Crippen molar-refractivity contribution < 1.29 is 0 Å². The van der Waals surface area contributed by atoms with Crippen LogP contribution in [0.25, 0.3) is 0 Å². The Hall–Kier alpha value is -0.0800. The lowest BCUT2D eigenvalue weighted by molar-refractivity contribution is 0.0832. The molecule has 2 nitrogen and oxygen atoms in total. The fraction of sp³-hybridized carbons (Fsp3) is 1.00. The van der Waals surface area contributed by atoms with Crippen LogP contribution in [-0.4, -0.2) is 38.1 Å². The van der Waals surface area contributed by atoms with Gasteiger partial charge in [-0.25, -0.2) is 0 Å². The van der Waals surface area contributed by atoms with E-state index in [0.717, 1.165) is 5.92 Å². The molecule has 0 heterocycles. The lowest BCUT2D eigenvalue weighted by atomic mass is 9.70. The van der Waals surface area contributed by atoms with Crippen LogP contribution in [0.15, 0.2) is 0 Å². The molecule has 0 saturated heterocycles. The molecule has 2 heteroatoms. The normalized spacial score (nSPS) is 28.1. The van der Waals surface area contributed by atoms with Crippen LogP contribution >= 0.6 is 0 Å². The highest BCUT2D eigenvalue weighted by molar-refractivity contribution is 4.89. The predicted molar refractivity (Wildman–Crippen MR) is 90.2 cm³/mol. The van der Waals surface area contributed by atoms with Gasteiger partial charge in [0.2, 0.25) is 0 Å². The summed E-state index contributed by atoms with van der Waals surface area (Å²) in [6, 6.07) is 0. The molecule has 0 spiro atoms. The first-order valence-electron chi connectivity index (χ1n) is 8.66. The van der Waals surface area contributed by atoms with E-state index in [2.05, 4.69) is 51.9 Å². The monoisotopic (exact) mass is 282 g/mol. The Morgan fingerprint density at radius 2 is 1.80 bits per heavy atom. The molecular formula is C18H38N2. The molecule has 1 saturated carbocycles. The van der Waals surface area contributed by atoms with Crippen molar-refractivity contribution in [2.75, 3.05) is 33.2 Å². The van der Waals surface area contributed by atoms with Gasteiger partial charge in [0, 0.05) is 19.6 Å². The molecule has 120 valence electrons. The van der Waals surface area contributed by atoms with Crippen LogP contribution in [0.1, 0.15) is 66.7 Å². The molecule has 1 fully saturated rings. The Labute approximate surface area is 127 Å². The minimum Gasteiger partial charge on any atom is -0.316 e. The quantitative estimate of drug-likeness (QED) is 0.705. The number of nitrogens with one attached hydrogen (secondary N) is 1.